The molecule has 1 aliphatic heterocycles. The summed E-state index contributed by atoms with van der Waals surface area (Å²) in [7, 11) is 0. The van der Waals surface area contributed by atoms with Gasteiger partial charge in [-0.15, -0.1) is 0 Å². The second kappa shape index (κ2) is 5.78. The van der Waals surface area contributed by atoms with Crippen molar-refractivity contribution in [3.05, 3.63) is 32.2 Å². The van der Waals surface area contributed by atoms with Crippen molar-refractivity contribution in [3.8, 4) is 0 Å². The fraction of sp³-hybridized carbons (Fsp3) is 0.579. The third-order valence-electron chi connectivity index (χ3n) is 6.77. The number of benzene rings is 1. The molecule has 3 atom stereocenters. The summed E-state index contributed by atoms with van der Waals surface area (Å²) in [5.74, 6) is -4.48. The van der Waals surface area contributed by atoms with Crippen LogP contribution in [-0.4, -0.2) is 34.6 Å². The normalized spacial score (nSPS) is 28.3. The lowest BCUT2D eigenvalue weighted by Gasteiger charge is -2.27. The number of H-pyrrole nitrogens is 1. The SMILES string of the molecule is Cc1c(N2CC3CC(F)(F)C(N)C3C2)c(F)c(N)c2c(=O)[nH]c(=O)n(C3CC3)c12. The van der Waals surface area contributed by atoms with E-state index in [2.05, 4.69) is 4.98 Å². The Bertz CT molecular complexity index is 1150. The number of anilines is 2. The fourth-order valence-corrected chi connectivity index (χ4v) is 5.24. The Morgan fingerprint density at radius 1 is 1.21 bits per heavy atom. The van der Waals surface area contributed by atoms with E-state index in [-0.39, 0.29) is 48.2 Å². The number of hydrogen-bond donors (Lipinski definition) is 3. The number of fused-ring (bicyclic) bond motifs is 2. The number of nitrogens with zero attached hydrogens (tertiary/aromatic N) is 2. The molecular formula is C19H22F3N5O2. The third-order valence-corrected chi connectivity index (χ3v) is 6.77. The van der Waals surface area contributed by atoms with E-state index >= 15 is 4.39 Å². The fourth-order valence-electron chi connectivity index (χ4n) is 5.24. The summed E-state index contributed by atoms with van der Waals surface area (Å²) in [4.78, 5) is 28.8. The van der Waals surface area contributed by atoms with Crippen molar-refractivity contribution in [1.29, 1.82) is 0 Å². The van der Waals surface area contributed by atoms with Crippen LogP contribution in [0.2, 0.25) is 0 Å². The Kier molecular flexibility index (Phi) is 3.69. The number of nitrogen functional groups attached to an aromatic ring is 1. The van der Waals surface area contributed by atoms with E-state index in [4.69, 9.17) is 11.5 Å². The minimum atomic E-state index is -2.92. The molecule has 2 saturated carbocycles. The van der Waals surface area contributed by atoms with E-state index in [1.807, 2.05) is 0 Å². The first-order valence-corrected chi connectivity index (χ1v) is 9.76. The summed E-state index contributed by atoms with van der Waals surface area (Å²) in [5, 5.41) is -0.0436. The Morgan fingerprint density at radius 3 is 2.52 bits per heavy atom. The quantitative estimate of drug-likeness (QED) is 0.651. The van der Waals surface area contributed by atoms with Gasteiger partial charge in [0.1, 0.15) is 0 Å². The van der Waals surface area contributed by atoms with E-state index < -0.39 is 34.9 Å². The van der Waals surface area contributed by atoms with Gasteiger partial charge in [-0.2, -0.15) is 0 Å². The lowest BCUT2D eigenvalue weighted by atomic mass is 9.98. The predicted octanol–water partition coefficient (Wildman–Crippen LogP) is 1.47. The van der Waals surface area contributed by atoms with Gasteiger partial charge >= 0.3 is 5.69 Å². The molecule has 2 aromatic rings. The van der Waals surface area contributed by atoms with Gasteiger partial charge in [0.15, 0.2) is 5.82 Å². The highest BCUT2D eigenvalue weighted by Crippen LogP contribution is 2.49. The van der Waals surface area contributed by atoms with Crippen molar-refractivity contribution in [2.24, 2.45) is 17.6 Å². The van der Waals surface area contributed by atoms with E-state index in [0.29, 0.717) is 11.1 Å². The molecule has 0 radical (unpaired) electrons. The minimum Gasteiger partial charge on any atom is -0.396 e. The van der Waals surface area contributed by atoms with Gasteiger partial charge in [0.25, 0.3) is 11.5 Å². The van der Waals surface area contributed by atoms with Crippen LogP contribution in [0, 0.1) is 24.6 Å². The number of aromatic nitrogens is 2. The molecule has 1 aromatic heterocycles. The first-order valence-electron chi connectivity index (χ1n) is 9.76. The summed E-state index contributed by atoms with van der Waals surface area (Å²) in [6.45, 7) is 2.05. The Balaban J connectivity index is 1.70. The second-order valence-electron chi connectivity index (χ2n) is 8.61. The van der Waals surface area contributed by atoms with E-state index in [1.165, 1.54) is 4.57 Å². The largest absolute Gasteiger partial charge is 0.396 e. The smallest absolute Gasteiger partial charge is 0.329 e. The molecule has 7 nitrogen and oxygen atoms in total. The average molecular weight is 409 g/mol. The van der Waals surface area contributed by atoms with Crippen molar-refractivity contribution in [1.82, 2.24) is 9.55 Å². The molecular weight excluding hydrogens is 387 g/mol. The van der Waals surface area contributed by atoms with Crippen molar-refractivity contribution in [2.75, 3.05) is 23.7 Å². The van der Waals surface area contributed by atoms with Crippen molar-refractivity contribution in [3.63, 3.8) is 0 Å². The van der Waals surface area contributed by atoms with Gasteiger partial charge in [-0.25, -0.2) is 18.0 Å². The summed E-state index contributed by atoms with van der Waals surface area (Å²) >= 11 is 0. The number of nitrogens with one attached hydrogen (secondary N) is 1. The predicted molar refractivity (Wildman–Crippen MR) is 103 cm³/mol. The molecule has 2 aliphatic carbocycles. The molecule has 1 aromatic carbocycles. The molecule has 29 heavy (non-hydrogen) atoms. The van der Waals surface area contributed by atoms with Crippen LogP contribution in [-0.2, 0) is 0 Å². The van der Waals surface area contributed by atoms with Crippen LogP contribution >= 0.6 is 0 Å². The van der Waals surface area contributed by atoms with E-state index in [1.54, 1.807) is 11.8 Å². The molecule has 0 spiro atoms. The standard InChI is InChI=1S/C19H22F3N5O2/c1-7-14-11(17(28)25-18(29)27(14)9-2-3-9)13(23)12(20)15(7)26-5-8-4-19(21,22)16(24)10(8)6-26/h8-10,16H,2-6,23-24H2,1H3,(H,25,28,29). The van der Waals surface area contributed by atoms with Gasteiger partial charge in [0.2, 0.25) is 0 Å². The number of aryl methyl sites for hydroxylation is 1. The van der Waals surface area contributed by atoms with Crippen LogP contribution in [0.5, 0.6) is 0 Å². The molecule has 10 heteroatoms. The molecule has 3 aliphatic rings. The number of aromatic amines is 1. The number of nitrogens with two attached hydrogens (primary N) is 2. The summed E-state index contributed by atoms with van der Waals surface area (Å²) in [5.41, 5.74) is 11.1. The monoisotopic (exact) mass is 409 g/mol. The van der Waals surface area contributed by atoms with Gasteiger partial charge in [-0.05, 0) is 25.7 Å². The summed E-state index contributed by atoms with van der Waals surface area (Å²) in [6, 6.07) is -1.34. The summed E-state index contributed by atoms with van der Waals surface area (Å²) in [6.07, 6.45) is 1.24. The van der Waals surface area contributed by atoms with Crippen LogP contribution in [0.25, 0.3) is 10.9 Å². The van der Waals surface area contributed by atoms with Gasteiger partial charge in [0.05, 0.1) is 28.3 Å². The van der Waals surface area contributed by atoms with Crippen LogP contribution in [0.3, 0.4) is 0 Å². The van der Waals surface area contributed by atoms with Crippen molar-refractivity contribution in [2.45, 2.75) is 44.2 Å². The van der Waals surface area contributed by atoms with Gasteiger partial charge in [-0.3, -0.25) is 14.3 Å². The molecule has 5 rings (SSSR count). The van der Waals surface area contributed by atoms with Gasteiger partial charge in [-0.1, -0.05) is 0 Å². The maximum atomic E-state index is 15.3. The van der Waals surface area contributed by atoms with Gasteiger partial charge in [0, 0.05) is 37.0 Å². The first kappa shape index (κ1) is 18.5. The zero-order valence-corrected chi connectivity index (χ0v) is 15.8. The second-order valence-corrected chi connectivity index (χ2v) is 8.61. The zero-order chi connectivity index (χ0) is 20.8. The number of rotatable bonds is 2. The Labute approximate surface area is 163 Å². The van der Waals surface area contributed by atoms with Gasteiger partial charge < -0.3 is 16.4 Å². The molecule has 0 amide bonds. The van der Waals surface area contributed by atoms with Crippen LogP contribution in [0.15, 0.2) is 9.59 Å². The number of halogens is 3. The summed E-state index contributed by atoms with van der Waals surface area (Å²) < 4.78 is 44.7. The Hall–Kier alpha value is -2.49. The molecule has 5 N–H and O–H groups in total. The van der Waals surface area contributed by atoms with Crippen LogP contribution in [0.1, 0.15) is 30.9 Å². The maximum Gasteiger partial charge on any atom is 0.329 e. The molecule has 0 bridgehead atoms. The number of hydrogen-bond acceptors (Lipinski definition) is 5. The minimum absolute atomic E-state index is 0.0436. The zero-order valence-electron chi connectivity index (χ0n) is 15.8. The number of alkyl halides is 2. The Morgan fingerprint density at radius 2 is 1.90 bits per heavy atom. The van der Waals surface area contributed by atoms with E-state index in [0.717, 1.165) is 12.8 Å². The van der Waals surface area contributed by atoms with E-state index in [9.17, 15) is 18.4 Å². The topological polar surface area (TPSA) is 110 Å². The molecule has 3 unspecified atom stereocenters. The maximum absolute atomic E-state index is 15.3. The molecule has 3 fully saturated rings. The first-order chi connectivity index (χ1) is 13.6. The highest BCUT2D eigenvalue weighted by molar-refractivity contribution is 5.97. The third kappa shape index (κ3) is 2.47. The average Bonchev–Trinajstić information content (AvgIpc) is 3.35. The van der Waals surface area contributed by atoms with Crippen LogP contribution < -0.4 is 27.6 Å². The highest BCUT2D eigenvalue weighted by atomic mass is 19.3. The lowest BCUT2D eigenvalue weighted by Crippen LogP contribution is -2.42. The molecule has 2 heterocycles. The molecule has 1 saturated heterocycles. The van der Waals surface area contributed by atoms with Crippen molar-refractivity contribution >= 4 is 22.3 Å². The van der Waals surface area contributed by atoms with Crippen molar-refractivity contribution < 1.29 is 13.2 Å². The lowest BCUT2D eigenvalue weighted by molar-refractivity contribution is -0.0146. The van der Waals surface area contributed by atoms with Crippen LogP contribution in [0.4, 0.5) is 24.5 Å². The molecule has 156 valence electrons. The highest BCUT2D eigenvalue weighted by Gasteiger charge is 2.56.